The van der Waals surface area contributed by atoms with Gasteiger partial charge in [0.05, 0.1) is 26.3 Å². The lowest BCUT2D eigenvalue weighted by Gasteiger charge is -2.22. The third-order valence-electron chi connectivity index (χ3n) is 5.30. The van der Waals surface area contributed by atoms with E-state index in [9.17, 15) is 9.59 Å². The number of anilines is 1. The molecule has 1 aliphatic rings. The van der Waals surface area contributed by atoms with Crippen molar-refractivity contribution in [3.63, 3.8) is 0 Å². The summed E-state index contributed by atoms with van der Waals surface area (Å²) in [7, 11) is 3.04. The molecular weight excluding hydrogens is 426 g/mol. The molecule has 1 aromatic carbocycles. The number of methoxy groups -OCH3 is 2. The number of aldehydes is 1. The second-order valence-corrected chi connectivity index (χ2v) is 7.66. The highest BCUT2D eigenvalue weighted by Crippen LogP contribution is 2.29. The van der Waals surface area contributed by atoms with Gasteiger partial charge in [-0.1, -0.05) is 92.5 Å². The van der Waals surface area contributed by atoms with Crippen molar-refractivity contribution in [2.75, 3.05) is 19.5 Å². The summed E-state index contributed by atoms with van der Waals surface area (Å²) in [5, 5.41) is 2.73. The maximum atomic E-state index is 12.1. The Hall–Kier alpha value is -2.82. The first-order valence-electron chi connectivity index (χ1n) is 12.3. The highest BCUT2D eigenvalue weighted by molar-refractivity contribution is 5.95. The first kappa shape index (κ1) is 33.4. The van der Waals surface area contributed by atoms with Crippen LogP contribution in [0.2, 0.25) is 0 Å². The van der Waals surface area contributed by atoms with Crippen LogP contribution in [-0.4, -0.2) is 26.4 Å². The summed E-state index contributed by atoms with van der Waals surface area (Å²) in [6, 6.07) is 5.08. The molecule has 5 nitrogen and oxygen atoms in total. The number of ether oxygens (including phenoxy) is 2. The van der Waals surface area contributed by atoms with E-state index in [1.54, 1.807) is 18.2 Å². The average Bonchev–Trinajstić information content (AvgIpc) is 2.88. The first-order valence-corrected chi connectivity index (χ1v) is 12.3. The Morgan fingerprint density at radius 2 is 1.50 bits per heavy atom. The second-order valence-electron chi connectivity index (χ2n) is 7.66. The molecule has 1 aromatic rings. The first-order chi connectivity index (χ1) is 16.4. The van der Waals surface area contributed by atoms with Crippen molar-refractivity contribution in [3.05, 3.63) is 54.7 Å². The fourth-order valence-electron chi connectivity index (χ4n) is 3.25. The van der Waals surface area contributed by atoms with Crippen LogP contribution in [0.5, 0.6) is 11.5 Å². The number of benzene rings is 1. The molecule has 0 aliphatic heterocycles. The monoisotopic (exact) mass is 473 g/mol. The van der Waals surface area contributed by atoms with Crippen molar-refractivity contribution < 1.29 is 19.1 Å². The Morgan fingerprint density at radius 3 is 1.88 bits per heavy atom. The second kappa shape index (κ2) is 20.8. The lowest BCUT2D eigenvalue weighted by molar-refractivity contribution is -0.115. The summed E-state index contributed by atoms with van der Waals surface area (Å²) >= 11 is 0. The largest absolute Gasteiger partial charge is 0.497 e. The van der Waals surface area contributed by atoms with Crippen LogP contribution in [0.1, 0.15) is 73.6 Å². The smallest absolute Gasteiger partial charge is 0.228 e. The van der Waals surface area contributed by atoms with E-state index >= 15 is 0 Å². The molecule has 0 aromatic heterocycles. The fourth-order valence-corrected chi connectivity index (χ4v) is 3.25. The minimum atomic E-state index is -0.303. The highest BCUT2D eigenvalue weighted by Gasteiger charge is 2.13. The molecule has 0 spiro atoms. The Labute approximate surface area is 208 Å². The number of rotatable bonds is 8. The number of carbonyl (C=O) groups is 2. The van der Waals surface area contributed by atoms with Crippen molar-refractivity contribution in [2.45, 2.75) is 73.6 Å². The lowest BCUT2D eigenvalue weighted by atomic mass is 9.84. The highest BCUT2D eigenvalue weighted by atomic mass is 16.5. The van der Waals surface area contributed by atoms with E-state index in [2.05, 4.69) is 32.3 Å². The van der Waals surface area contributed by atoms with Crippen LogP contribution in [0.25, 0.3) is 0 Å². The number of nitrogens with one attached hydrogen (secondary N) is 1. The van der Waals surface area contributed by atoms with Crippen LogP contribution in [-0.2, 0) is 9.59 Å². The van der Waals surface area contributed by atoms with E-state index in [-0.39, 0.29) is 12.3 Å². The van der Waals surface area contributed by atoms with E-state index in [0.717, 1.165) is 11.8 Å². The molecule has 0 atom stereocenters. The van der Waals surface area contributed by atoms with Crippen molar-refractivity contribution in [1.29, 1.82) is 0 Å². The Bertz CT molecular complexity index is 739. The van der Waals surface area contributed by atoms with E-state index in [0.29, 0.717) is 34.6 Å². The SMILES string of the molecule is C=C/C(C=O)=C(\C=C)CC(=O)Nc1cc(OC)ccc1OC.CC.CC.CC1CCC(C)CC1. The summed E-state index contributed by atoms with van der Waals surface area (Å²) in [6.07, 6.45) is 9.40. The molecule has 2 rings (SSSR count). The molecule has 0 unspecified atom stereocenters. The summed E-state index contributed by atoms with van der Waals surface area (Å²) in [6.45, 7) is 19.9. The van der Waals surface area contributed by atoms with Gasteiger partial charge in [0.1, 0.15) is 17.8 Å². The molecule has 0 saturated heterocycles. The van der Waals surface area contributed by atoms with E-state index in [1.165, 1.54) is 52.1 Å². The fraction of sp³-hybridized carbons (Fsp3) is 0.517. The molecule has 1 N–H and O–H groups in total. The van der Waals surface area contributed by atoms with E-state index in [4.69, 9.17) is 9.47 Å². The lowest BCUT2D eigenvalue weighted by Crippen LogP contribution is -2.13. The summed E-state index contributed by atoms with van der Waals surface area (Å²) < 4.78 is 10.3. The minimum absolute atomic E-state index is 0.00393. The van der Waals surface area contributed by atoms with Gasteiger partial charge >= 0.3 is 0 Å². The molecule has 1 saturated carbocycles. The third-order valence-corrected chi connectivity index (χ3v) is 5.30. The molecule has 0 heterocycles. The zero-order valence-corrected chi connectivity index (χ0v) is 22.7. The quantitative estimate of drug-likeness (QED) is 0.238. The Balaban J connectivity index is 0. The van der Waals surface area contributed by atoms with Gasteiger partial charge in [-0.3, -0.25) is 9.59 Å². The van der Waals surface area contributed by atoms with Crippen LogP contribution >= 0.6 is 0 Å². The normalized spacial score (nSPS) is 16.8. The van der Waals surface area contributed by atoms with Gasteiger partial charge in [0, 0.05) is 11.6 Å². The molecule has 1 aliphatic carbocycles. The molecular formula is C29H47NO4. The van der Waals surface area contributed by atoms with Crippen LogP contribution in [0, 0.1) is 11.8 Å². The van der Waals surface area contributed by atoms with Gasteiger partial charge in [0.25, 0.3) is 0 Å². The summed E-state index contributed by atoms with van der Waals surface area (Å²) in [4.78, 5) is 23.1. The standard InChI is InChI=1S/C17H19NO4.C8H16.2C2H6/c1-5-12(13(6-2)11-19)9-17(20)18-15-10-14(21-3)7-8-16(15)22-4;1-7-3-5-8(2)6-4-7;2*1-2/h5-8,10-11H,1-2,9H2,3-4H3,(H,18,20);7-8H,3-6H2,1-2H3;2*1-2H3/b13-12-;;;. The number of hydrogen-bond acceptors (Lipinski definition) is 4. The van der Waals surface area contributed by atoms with Crippen molar-refractivity contribution in [2.24, 2.45) is 11.8 Å². The minimum Gasteiger partial charge on any atom is -0.497 e. The molecule has 0 bridgehead atoms. The van der Waals surface area contributed by atoms with Crippen LogP contribution in [0.4, 0.5) is 5.69 Å². The maximum Gasteiger partial charge on any atom is 0.228 e. The van der Waals surface area contributed by atoms with Crippen molar-refractivity contribution in [1.82, 2.24) is 0 Å². The molecule has 1 amide bonds. The van der Waals surface area contributed by atoms with E-state index in [1.807, 2.05) is 27.7 Å². The van der Waals surface area contributed by atoms with Gasteiger partial charge in [-0.15, -0.1) is 0 Å². The number of hydrogen-bond donors (Lipinski definition) is 1. The van der Waals surface area contributed by atoms with Crippen LogP contribution in [0.15, 0.2) is 54.7 Å². The number of carbonyl (C=O) groups excluding carboxylic acids is 2. The molecule has 34 heavy (non-hydrogen) atoms. The Kier molecular flexibility index (Phi) is 20.4. The predicted molar refractivity (Wildman–Crippen MR) is 146 cm³/mol. The van der Waals surface area contributed by atoms with Gasteiger partial charge in [-0.05, 0) is 29.5 Å². The van der Waals surface area contributed by atoms with Gasteiger partial charge in [-0.25, -0.2) is 0 Å². The molecule has 1 fully saturated rings. The number of allylic oxidation sites excluding steroid dienone is 3. The number of amides is 1. The molecule has 5 heteroatoms. The third kappa shape index (κ3) is 13.0. The topological polar surface area (TPSA) is 64.6 Å². The van der Waals surface area contributed by atoms with Gasteiger partial charge in [0.15, 0.2) is 0 Å². The van der Waals surface area contributed by atoms with Gasteiger partial charge in [-0.2, -0.15) is 0 Å². The summed E-state index contributed by atoms with van der Waals surface area (Å²) in [5.74, 6) is 2.84. The van der Waals surface area contributed by atoms with Gasteiger partial charge < -0.3 is 14.8 Å². The van der Waals surface area contributed by atoms with Gasteiger partial charge in [0.2, 0.25) is 5.91 Å². The van der Waals surface area contributed by atoms with Crippen molar-refractivity contribution >= 4 is 17.9 Å². The predicted octanol–water partition coefficient (Wildman–Crippen LogP) is 7.78. The maximum absolute atomic E-state index is 12.1. The van der Waals surface area contributed by atoms with Crippen molar-refractivity contribution in [3.8, 4) is 11.5 Å². The molecule has 0 radical (unpaired) electrons. The summed E-state index contributed by atoms with van der Waals surface area (Å²) in [5.41, 5.74) is 1.33. The zero-order valence-electron chi connectivity index (χ0n) is 22.7. The average molecular weight is 474 g/mol. The van der Waals surface area contributed by atoms with Crippen LogP contribution in [0.3, 0.4) is 0 Å². The molecule has 192 valence electrons. The van der Waals surface area contributed by atoms with Crippen LogP contribution < -0.4 is 14.8 Å². The van der Waals surface area contributed by atoms with E-state index < -0.39 is 0 Å². The Morgan fingerprint density at radius 1 is 0.971 bits per heavy atom. The zero-order chi connectivity index (χ0) is 26.5.